The summed E-state index contributed by atoms with van der Waals surface area (Å²) in [5.41, 5.74) is 8.87. The quantitative estimate of drug-likeness (QED) is 0.240. The van der Waals surface area contributed by atoms with E-state index in [1.807, 2.05) is 29.5 Å². The molecule has 0 aliphatic heterocycles. The Balaban J connectivity index is 1.46. The summed E-state index contributed by atoms with van der Waals surface area (Å²) in [6, 6.07) is 40.4. The van der Waals surface area contributed by atoms with Gasteiger partial charge in [0.15, 0.2) is 5.58 Å². The third-order valence-electron chi connectivity index (χ3n) is 7.23. The molecule has 4 heteroatoms. The van der Waals surface area contributed by atoms with E-state index >= 15 is 0 Å². The van der Waals surface area contributed by atoms with Crippen molar-refractivity contribution in [1.29, 1.82) is 0 Å². The van der Waals surface area contributed by atoms with E-state index in [0.717, 1.165) is 38.9 Å². The lowest BCUT2D eigenvalue weighted by Gasteiger charge is -2.13. The third kappa shape index (κ3) is 3.21. The van der Waals surface area contributed by atoms with Crippen LogP contribution in [-0.4, -0.2) is 9.97 Å². The number of aromatic nitrogens is 2. The molecule has 0 radical (unpaired) electrons. The second-order valence-corrected chi connectivity index (χ2v) is 10.5. The van der Waals surface area contributed by atoms with Crippen LogP contribution in [0.5, 0.6) is 0 Å². The van der Waals surface area contributed by atoms with Crippen LogP contribution >= 0.6 is 11.3 Å². The maximum atomic E-state index is 6.36. The molecule has 178 valence electrons. The normalized spacial score (nSPS) is 11.7. The van der Waals surface area contributed by atoms with Crippen LogP contribution in [0.1, 0.15) is 0 Å². The summed E-state index contributed by atoms with van der Waals surface area (Å²) in [7, 11) is 0. The Bertz CT molecular complexity index is 2140. The zero-order valence-electron chi connectivity index (χ0n) is 20.3. The van der Waals surface area contributed by atoms with E-state index in [4.69, 9.17) is 9.40 Å². The number of thiophene rings is 1. The number of fused-ring (bicyclic) bond motifs is 6. The molecular formula is C34H20N2OS. The Morgan fingerprint density at radius 1 is 0.553 bits per heavy atom. The van der Waals surface area contributed by atoms with Crippen molar-refractivity contribution in [3.05, 3.63) is 122 Å². The van der Waals surface area contributed by atoms with Gasteiger partial charge in [0.1, 0.15) is 23.1 Å². The molecule has 0 aliphatic rings. The first-order valence-electron chi connectivity index (χ1n) is 12.6. The molecule has 0 saturated heterocycles. The van der Waals surface area contributed by atoms with Crippen LogP contribution in [0, 0.1) is 0 Å². The molecule has 8 aromatic rings. The van der Waals surface area contributed by atoms with Gasteiger partial charge >= 0.3 is 0 Å². The Hall–Kier alpha value is -4.80. The summed E-state index contributed by atoms with van der Waals surface area (Å²) in [5, 5.41) is 3.56. The number of rotatable bonds is 3. The molecule has 0 unspecified atom stereocenters. The van der Waals surface area contributed by atoms with Crippen molar-refractivity contribution in [2.24, 2.45) is 0 Å². The third-order valence-corrected chi connectivity index (χ3v) is 8.45. The van der Waals surface area contributed by atoms with Crippen LogP contribution in [0.2, 0.25) is 0 Å². The van der Waals surface area contributed by atoms with Gasteiger partial charge in [-0.2, -0.15) is 0 Å². The molecule has 0 N–H and O–H groups in total. The Labute approximate surface area is 222 Å². The van der Waals surface area contributed by atoms with Gasteiger partial charge in [0.25, 0.3) is 0 Å². The molecule has 0 bridgehead atoms. The summed E-state index contributed by atoms with van der Waals surface area (Å²) in [4.78, 5) is 9.38. The highest BCUT2D eigenvalue weighted by Gasteiger charge is 2.20. The van der Waals surface area contributed by atoms with E-state index in [2.05, 4.69) is 102 Å². The maximum Gasteiger partial charge on any atom is 0.180 e. The van der Waals surface area contributed by atoms with Crippen molar-refractivity contribution < 1.29 is 4.42 Å². The molecule has 3 aromatic heterocycles. The fourth-order valence-corrected chi connectivity index (χ4v) is 6.69. The van der Waals surface area contributed by atoms with Crippen LogP contribution in [0.4, 0.5) is 0 Å². The number of hydrogen-bond acceptors (Lipinski definition) is 4. The Morgan fingerprint density at radius 3 is 2.26 bits per heavy atom. The predicted molar refractivity (Wildman–Crippen MR) is 159 cm³/mol. The first-order valence-corrected chi connectivity index (χ1v) is 13.4. The van der Waals surface area contributed by atoms with Crippen molar-refractivity contribution >= 4 is 53.6 Å². The highest BCUT2D eigenvalue weighted by atomic mass is 32.1. The van der Waals surface area contributed by atoms with Crippen molar-refractivity contribution in [3.8, 4) is 33.5 Å². The average Bonchev–Trinajstić information content (AvgIpc) is 3.56. The molecule has 0 fully saturated rings. The van der Waals surface area contributed by atoms with Crippen molar-refractivity contribution in [2.75, 3.05) is 0 Å². The molecule has 0 saturated carbocycles. The number of furan rings is 1. The smallest absolute Gasteiger partial charge is 0.180 e. The molecule has 8 rings (SSSR count). The van der Waals surface area contributed by atoms with Crippen molar-refractivity contribution in [3.63, 3.8) is 0 Å². The molecule has 0 aliphatic carbocycles. The predicted octanol–water partition coefficient (Wildman–Crippen LogP) is 9.74. The van der Waals surface area contributed by atoms with Crippen LogP contribution in [0.25, 0.3) is 75.8 Å². The molecule has 0 amide bonds. The van der Waals surface area contributed by atoms with Gasteiger partial charge in [-0.25, -0.2) is 9.97 Å². The molecule has 3 heterocycles. The van der Waals surface area contributed by atoms with Gasteiger partial charge < -0.3 is 4.42 Å². The summed E-state index contributed by atoms with van der Waals surface area (Å²) < 4.78 is 8.92. The van der Waals surface area contributed by atoms with Crippen molar-refractivity contribution in [1.82, 2.24) is 9.97 Å². The topological polar surface area (TPSA) is 38.9 Å². The summed E-state index contributed by atoms with van der Waals surface area (Å²) in [5.74, 6) is 0. The van der Waals surface area contributed by atoms with Gasteiger partial charge in [0.05, 0.1) is 0 Å². The molecular weight excluding hydrogens is 484 g/mol. The highest BCUT2D eigenvalue weighted by Crippen LogP contribution is 2.45. The van der Waals surface area contributed by atoms with E-state index in [9.17, 15) is 0 Å². The standard InChI is InChI=1S/C34H20N2OS/c1-2-9-21(10-3-1)22-17-18-24(31-33-32(36-20-35-31)27-12-4-6-15-29(27)37-33)28(19-22)26-14-8-13-25-23-11-5-7-16-30(23)38-34(25)26/h1-20H. The number of benzene rings is 5. The van der Waals surface area contributed by atoms with Gasteiger partial charge in [-0.15, -0.1) is 11.3 Å². The van der Waals surface area contributed by atoms with Gasteiger partial charge in [0.2, 0.25) is 0 Å². The van der Waals surface area contributed by atoms with E-state index in [1.165, 1.54) is 31.3 Å². The minimum atomic E-state index is 0.714. The lowest BCUT2D eigenvalue weighted by atomic mass is 9.92. The van der Waals surface area contributed by atoms with E-state index in [1.54, 1.807) is 6.33 Å². The van der Waals surface area contributed by atoms with Gasteiger partial charge in [-0.05, 0) is 41.0 Å². The van der Waals surface area contributed by atoms with Gasteiger partial charge in [0, 0.05) is 36.7 Å². The second kappa shape index (κ2) is 8.37. The van der Waals surface area contributed by atoms with Crippen LogP contribution < -0.4 is 0 Å². The summed E-state index contributed by atoms with van der Waals surface area (Å²) in [6.07, 6.45) is 1.65. The largest absolute Gasteiger partial charge is 0.452 e. The minimum absolute atomic E-state index is 0.714. The van der Waals surface area contributed by atoms with Crippen LogP contribution in [0.15, 0.2) is 126 Å². The maximum absolute atomic E-state index is 6.36. The zero-order valence-corrected chi connectivity index (χ0v) is 21.1. The lowest BCUT2D eigenvalue weighted by Crippen LogP contribution is -1.92. The molecule has 38 heavy (non-hydrogen) atoms. The molecule has 0 spiro atoms. The average molecular weight is 505 g/mol. The monoisotopic (exact) mass is 504 g/mol. The fourth-order valence-electron chi connectivity index (χ4n) is 5.46. The Morgan fingerprint density at radius 2 is 1.34 bits per heavy atom. The number of hydrogen-bond donors (Lipinski definition) is 0. The lowest BCUT2D eigenvalue weighted by molar-refractivity contribution is 0.667. The van der Waals surface area contributed by atoms with Crippen molar-refractivity contribution in [2.45, 2.75) is 0 Å². The zero-order chi connectivity index (χ0) is 25.1. The molecule has 0 atom stereocenters. The fraction of sp³-hybridized carbons (Fsp3) is 0. The number of nitrogens with zero attached hydrogens (tertiary/aromatic N) is 2. The van der Waals surface area contributed by atoms with Gasteiger partial charge in [-0.3, -0.25) is 0 Å². The first kappa shape index (κ1) is 21.3. The highest BCUT2D eigenvalue weighted by molar-refractivity contribution is 7.26. The summed E-state index contributed by atoms with van der Waals surface area (Å²) >= 11 is 1.84. The first-order chi connectivity index (χ1) is 18.8. The SMILES string of the molecule is c1ccc(-c2ccc(-c3ncnc4c3oc3ccccc34)c(-c3cccc4c3sc3ccccc34)c2)cc1. The minimum Gasteiger partial charge on any atom is -0.452 e. The number of para-hydroxylation sites is 1. The van der Waals surface area contributed by atoms with E-state index < -0.39 is 0 Å². The van der Waals surface area contributed by atoms with Gasteiger partial charge in [-0.1, -0.05) is 91.0 Å². The van der Waals surface area contributed by atoms with Crippen LogP contribution in [0.3, 0.4) is 0 Å². The Kier molecular flexibility index (Phi) is 4.69. The van der Waals surface area contributed by atoms with E-state index in [0.29, 0.717) is 5.58 Å². The summed E-state index contributed by atoms with van der Waals surface area (Å²) in [6.45, 7) is 0. The molecule has 3 nitrogen and oxygen atoms in total. The second-order valence-electron chi connectivity index (χ2n) is 9.41. The van der Waals surface area contributed by atoms with Crippen LogP contribution in [-0.2, 0) is 0 Å². The van der Waals surface area contributed by atoms with E-state index in [-0.39, 0.29) is 0 Å². The molecule has 5 aromatic carbocycles.